The number of nitrogens with zero attached hydrogens (tertiary/aromatic N) is 1. The Hall–Kier alpha value is -3.38. The van der Waals surface area contributed by atoms with Crippen LogP contribution >= 0.6 is 0 Å². The van der Waals surface area contributed by atoms with Crippen LogP contribution in [0.3, 0.4) is 0 Å². The zero-order valence-electron chi connectivity index (χ0n) is 14.4. The number of halogens is 1. The lowest BCUT2D eigenvalue weighted by Gasteiger charge is -2.08. The first-order chi connectivity index (χ1) is 12.7. The van der Waals surface area contributed by atoms with Crippen LogP contribution in [0.25, 0.3) is 11.6 Å². The van der Waals surface area contributed by atoms with Crippen LogP contribution in [0.15, 0.2) is 72.8 Å². The third kappa shape index (κ3) is 4.37. The van der Waals surface area contributed by atoms with Crippen LogP contribution in [0.5, 0.6) is 5.75 Å². The lowest BCUT2D eigenvalue weighted by atomic mass is 10.0. The summed E-state index contributed by atoms with van der Waals surface area (Å²) in [5.74, 6) is 0.345. The Kier molecular flexibility index (Phi) is 5.46. The number of aryl methyl sites for hydroxylation is 1. The second kappa shape index (κ2) is 8.13. The van der Waals surface area contributed by atoms with Crippen molar-refractivity contribution in [1.82, 2.24) is 0 Å². The van der Waals surface area contributed by atoms with Gasteiger partial charge in [-0.3, -0.25) is 0 Å². The molecule has 0 saturated carbocycles. The molecule has 0 fully saturated rings. The minimum atomic E-state index is -0.283. The van der Waals surface area contributed by atoms with Crippen molar-refractivity contribution in [1.29, 1.82) is 5.26 Å². The molecule has 0 aliphatic heterocycles. The third-order valence-corrected chi connectivity index (χ3v) is 4.00. The van der Waals surface area contributed by atoms with Crippen LogP contribution in [-0.2, 0) is 6.61 Å². The Morgan fingerprint density at radius 3 is 2.54 bits per heavy atom. The molecule has 26 heavy (non-hydrogen) atoms. The maximum Gasteiger partial charge on any atom is 0.129 e. The number of allylic oxidation sites excluding steroid dienone is 1. The van der Waals surface area contributed by atoms with Crippen molar-refractivity contribution in [2.75, 3.05) is 0 Å². The maximum absolute atomic E-state index is 13.7. The fraction of sp³-hybridized carbons (Fsp3) is 0.0870. The van der Waals surface area contributed by atoms with E-state index in [9.17, 15) is 9.65 Å². The lowest BCUT2D eigenvalue weighted by Crippen LogP contribution is -1.98. The topological polar surface area (TPSA) is 33.0 Å². The normalized spacial score (nSPS) is 11.0. The Balaban J connectivity index is 1.79. The molecule has 0 bridgehead atoms. The van der Waals surface area contributed by atoms with Crippen LogP contribution in [0.4, 0.5) is 4.39 Å². The van der Waals surface area contributed by atoms with Crippen molar-refractivity contribution < 1.29 is 9.13 Å². The SMILES string of the molecule is Cc1ccc(/C(C#N)=C\c2cccc(OCc3ccccc3F)c2)cc1. The molecule has 0 aromatic heterocycles. The van der Waals surface area contributed by atoms with E-state index in [0.29, 0.717) is 16.9 Å². The van der Waals surface area contributed by atoms with E-state index in [2.05, 4.69) is 6.07 Å². The van der Waals surface area contributed by atoms with Crippen molar-refractivity contribution in [3.63, 3.8) is 0 Å². The number of rotatable bonds is 5. The molecule has 0 atom stereocenters. The predicted octanol–water partition coefficient (Wildman–Crippen LogP) is 5.78. The van der Waals surface area contributed by atoms with E-state index >= 15 is 0 Å². The molecule has 128 valence electrons. The summed E-state index contributed by atoms with van der Waals surface area (Å²) in [6.45, 7) is 2.17. The molecule has 0 spiro atoms. The fourth-order valence-electron chi connectivity index (χ4n) is 2.55. The highest BCUT2D eigenvalue weighted by Gasteiger charge is 2.04. The third-order valence-electron chi connectivity index (χ3n) is 4.00. The Morgan fingerprint density at radius 1 is 1.04 bits per heavy atom. The van der Waals surface area contributed by atoms with Crippen molar-refractivity contribution in [2.45, 2.75) is 13.5 Å². The van der Waals surface area contributed by atoms with E-state index in [1.54, 1.807) is 18.2 Å². The number of hydrogen-bond donors (Lipinski definition) is 0. The predicted molar refractivity (Wildman–Crippen MR) is 102 cm³/mol. The lowest BCUT2D eigenvalue weighted by molar-refractivity contribution is 0.300. The number of hydrogen-bond acceptors (Lipinski definition) is 2. The van der Waals surface area contributed by atoms with Crippen LogP contribution in [-0.4, -0.2) is 0 Å². The first-order valence-electron chi connectivity index (χ1n) is 8.31. The summed E-state index contributed by atoms with van der Waals surface area (Å²) in [7, 11) is 0. The van der Waals surface area contributed by atoms with Crippen LogP contribution < -0.4 is 4.74 Å². The maximum atomic E-state index is 13.7. The van der Waals surface area contributed by atoms with Crippen molar-refractivity contribution in [3.05, 3.63) is 101 Å². The highest BCUT2D eigenvalue weighted by atomic mass is 19.1. The van der Waals surface area contributed by atoms with Crippen molar-refractivity contribution in [2.24, 2.45) is 0 Å². The molecule has 0 amide bonds. The van der Waals surface area contributed by atoms with E-state index < -0.39 is 0 Å². The summed E-state index contributed by atoms with van der Waals surface area (Å²) in [5.41, 5.74) is 3.96. The average Bonchev–Trinajstić information content (AvgIpc) is 2.67. The van der Waals surface area contributed by atoms with Gasteiger partial charge in [-0.25, -0.2) is 4.39 Å². The van der Waals surface area contributed by atoms with Gasteiger partial charge in [0.15, 0.2) is 0 Å². The standard InChI is InChI=1S/C23H18FNO/c1-17-9-11-19(12-10-17)21(15-25)13-18-5-4-7-22(14-18)26-16-20-6-2-3-8-23(20)24/h2-14H,16H2,1H3/b21-13-. The van der Waals surface area contributed by atoms with Gasteiger partial charge in [0, 0.05) is 5.56 Å². The summed E-state index contributed by atoms with van der Waals surface area (Å²) < 4.78 is 19.4. The minimum Gasteiger partial charge on any atom is -0.489 e. The van der Waals surface area contributed by atoms with E-state index in [1.807, 2.05) is 61.5 Å². The molecular formula is C23H18FNO. The number of nitriles is 1. The fourth-order valence-corrected chi connectivity index (χ4v) is 2.55. The number of benzene rings is 3. The molecular weight excluding hydrogens is 325 g/mol. The molecule has 0 saturated heterocycles. The van der Waals surface area contributed by atoms with Crippen LogP contribution in [0.2, 0.25) is 0 Å². The first kappa shape index (κ1) is 17.4. The molecule has 3 heteroatoms. The van der Waals surface area contributed by atoms with Gasteiger partial charge in [-0.2, -0.15) is 5.26 Å². The summed E-state index contributed by atoms with van der Waals surface area (Å²) >= 11 is 0. The number of ether oxygens (including phenoxy) is 1. The highest BCUT2D eigenvalue weighted by molar-refractivity contribution is 5.89. The van der Waals surface area contributed by atoms with Crippen molar-refractivity contribution >= 4 is 11.6 Å². The van der Waals surface area contributed by atoms with Gasteiger partial charge >= 0.3 is 0 Å². The highest BCUT2D eigenvalue weighted by Crippen LogP contribution is 2.22. The largest absolute Gasteiger partial charge is 0.489 e. The molecule has 3 aromatic carbocycles. The molecule has 3 aromatic rings. The molecule has 3 rings (SSSR count). The van der Waals surface area contributed by atoms with E-state index in [-0.39, 0.29) is 12.4 Å². The first-order valence-corrected chi connectivity index (χ1v) is 8.31. The van der Waals surface area contributed by atoms with Gasteiger partial charge in [0.2, 0.25) is 0 Å². The average molecular weight is 343 g/mol. The van der Waals surface area contributed by atoms with Crippen LogP contribution in [0.1, 0.15) is 22.3 Å². The van der Waals surface area contributed by atoms with Gasteiger partial charge < -0.3 is 4.74 Å². The molecule has 0 unspecified atom stereocenters. The second-order valence-corrected chi connectivity index (χ2v) is 5.99. The van der Waals surface area contributed by atoms with Crippen LogP contribution in [0, 0.1) is 24.1 Å². The van der Waals surface area contributed by atoms with Gasteiger partial charge in [-0.1, -0.05) is 60.2 Å². The smallest absolute Gasteiger partial charge is 0.129 e. The van der Waals surface area contributed by atoms with Gasteiger partial charge in [0.1, 0.15) is 18.2 Å². The quantitative estimate of drug-likeness (QED) is 0.435. The molecule has 0 aliphatic rings. The van der Waals surface area contributed by atoms with E-state index in [1.165, 1.54) is 6.07 Å². The Bertz CT molecular complexity index is 968. The zero-order chi connectivity index (χ0) is 18.4. The van der Waals surface area contributed by atoms with Gasteiger partial charge in [-0.05, 0) is 42.3 Å². The Labute approximate surface area is 152 Å². The summed E-state index contributed by atoms with van der Waals surface area (Å²) in [5, 5.41) is 9.47. The molecule has 0 heterocycles. The molecule has 0 aliphatic carbocycles. The zero-order valence-corrected chi connectivity index (χ0v) is 14.4. The Morgan fingerprint density at radius 2 is 1.81 bits per heavy atom. The van der Waals surface area contributed by atoms with E-state index in [4.69, 9.17) is 4.74 Å². The van der Waals surface area contributed by atoms with Gasteiger partial charge in [0.25, 0.3) is 0 Å². The minimum absolute atomic E-state index is 0.156. The summed E-state index contributed by atoms with van der Waals surface area (Å²) in [6, 6.07) is 24.0. The summed E-state index contributed by atoms with van der Waals surface area (Å²) in [4.78, 5) is 0. The van der Waals surface area contributed by atoms with E-state index in [0.717, 1.165) is 16.7 Å². The second-order valence-electron chi connectivity index (χ2n) is 5.99. The van der Waals surface area contributed by atoms with Gasteiger partial charge in [0.05, 0.1) is 11.6 Å². The van der Waals surface area contributed by atoms with Crippen molar-refractivity contribution in [3.8, 4) is 11.8 Å². The molecule has 0 radical (unpaired) electrons. The monoisotopic (exact) mass is 343 g/mol. The van der Waals surface area contributed by atoms with Gasteiger partial charge in [-0.15, -0.1) is 0 Å². The molecule has 2 nitrogen and oxygen atoms in total. The molecule has 0 N–H and O–H groups in total. The summed E-state index contributed by atoms with van der Waals surface area (Å²) in [6.07, 6.45) is 1.82.